The summed E-state index contributed by atoms with van der Waals surface area (Å²) in [5.41, 5.74) is 3.92. The molecule has 4 heteroatoms. The lowest BCUT2D eigenvalue weighted by Gasteiger charge is -2.41. The van der Waals surface area contributed by atoms with Crippen LogP contribution < -0.4 is 9.47 Å². The molecular formula is C24H25NO3. The summed E-state index contributed by atoms with van der Waals surface area (Å²) in [6.45, 7) is 2.04. The summed E-state index contributed by atoms with van der Waals surface area (Å²) in [7, 11) is 1.65. The Hall–Kier alpha value is -2.75. The summed E-state index contributed by atoms with van der Waals surface area (Å²) in [4.78, 5) is 15.2. The normalized spacial score (nSPS) is 21.8. The minimum atomic E-state index is -0.111. The number of para-hydroxylation sites is 1. The van der Waals surface area contributed by atoms with Crippen LogP contribution in [0.3, 0.4) is 0 Å². The fourth-order valence-corrected chi connectivity index (χ4v) is 4.97. The van der Waals surface area contributed by atoms with Crippen LogP contribution in [0, 0.1) is 5.92 Å². The summed E-state index contributed by atoms with van der Waals surface area (Å²) in [6.07, 6.45) is 7.29. The van der Waals surface area contributed by atoms with Gasteiger partial charge in [0, 0.05) is 18.5 Å². The summed E-state index contributed by atoms with van der Waals surface area (Å²) in [5, 5.41) is 0. The van der Waals surface area contributed by atoms with Gasteiger partial charge in [-0.25, -0.2) is 0 Å². The van der Waals surface area contributed by atoms with E-state index in [1.807, 2.05) is 23.1 Å². The zero-order valence-corrected chi connectivity index (χ0v) is 16.2. The number of ether oxygens (including phenoxy) is 2. The Balaban J connectivity index is 1.28. The molecule has 0 radical (unpaired) electrons. The van der Waals surface area contributed by atoms with Crippen LogP contribution in [0.25, 0.3) is 6.08 Å². The first kappa shape index (κ1) is 17.4. The van der Waals surface area contributed by atoms with Crippen LogP contribution in [0.4, 0.5) is 0 Å². The molecule has 5 rings (SSSR count). The predicted octanol–water partition coefficient (Wildman–Crippen LogP) is 3.83. The third kappa shape index (κ3) is 2.70. The van der Waals surface area contributed by atoms with E-state index in [1.54, 1.807) is 7.11 Å². The van der Waals surface area contributed by atoms with Gasteiger partial charge in [-0.2, -0.15) is 0 Å². The number of methoxy groups -OCH3 is 1. The first-order valence-electron chi connectivity index (χ1n) is 10.1. The van der Waals surface area contributed by atoms with Gasteiger partial charge in [0.15, 0.2) is 11.5 Å². The number of carbonyl (C=O) groups excluding carboxylic acids is 1. The molecule has 2 aromatic carbocycles. The molecule has 0 bridgehead atoms. The Labute approximate surface area is 165 Å². The molecule has 1 aliphatic carbocycles. The van der Waals surface area contributed by atoms with Crippen molar-refractivity contribution in [1.82, 2.24) is 4.90 Å². The standard InChI is InChI=1S/C24H25NO3/c1-27-21-8-4-6-18-15-19(16-28-22(18)21)23(26)25-13-11-24(12-14-25)10-9-17-5-2-3-7-20(17)24/h2-10,19H,11-16H2,1H3/t19-/m1/s1. The maximum Gasteiger partial charge on any atom is 0.229 e. The van der Waals surface area contributed by atoms with Crippen LogP contribution in [-0.4, -0.2) is 37.6 Å². The first-order valence-corrected chi connectivity index (χ1v) is 10.1. The number of carbonyl (C=O) groups is 1. The van der Waals surface area contributed by atoms with Gasteiger partial charge in [0.25, 0.3) is 0 Å². The van der Waals surface area contributed by atoms with Gasteiger partial charge in [-0.1, -0.05) is 48.6 Å². The van der Waals surface area contributed by atoms with E-state index in [0.717, 1.165) is 49.4 Å². The van der Waals surface area contributed by atoms with Crippen LogP contribution in [0.2, 0.25) is 0 Å². The molecule has 0 aromatic heterocycles. The fourth-order valence-electron chi connectivity index (χ4n) is 4.97. The van der Waals surface area contributed by atoms with Gasteiger partial charge in [0.05, 0.1) is 13.0 Å². The summed E-state index contributed by atoms with van der Waals surface area (Å²) in [5.74, 6) is 1.65. The quantitative estimate of drug-likeness (QED) is 0.801. The zero-order chi connectivity index (χ0) is 19.1. The van der Waals surface area contributed by atoms with E-state index in [0.29, 0.717) is 6.61 Å². The van der Waals surface area contributed by atoms with E-state index in [-0.39, 0.29) is 17.2 Å². The topological polar surface area (TPSA) is 38.8 Å². The monoisotopic (exact) mass is 375 g/mol. The van der Waals surface area contributed by atoms with Gasteiger partial charge < -0.3 is 14.4 Å². The highest BCUT2D eigenvalue weighted by Crippen LogP contribution is 2.44. The van der Waals surface area contributed by atoms with Gasteiger partial charge in [-0.15, -0.1) is 0 Å². The molecule has 0 unspecified atom stereocenters. The SMILES string of the molecule is COc1cccc2c1OC[C@H](C(=O)N1CCC3(C=Cc4ccccc43)CC1)C2. The second-order valence-corrected chi connectivity index (χ2v) is 8.06. The third-order valence-electron chi connectivity index (χ3n) is 6.57. The van der Waals surface area contributed by atoms with Crippen molar-refractivity contribution >= 4 is 12.0 Å². The molecule has 28 heavy (non-hydrogen) atoms. The average molecular weight is 375 g/mol. The van der Waals surface area contributed by atoms with E-state index < -0.39 is 0 Å². The maximum atomic E-state index is 13.2. The van der Waals surface area contributed by atoms with Gasteiger partial charge >= 0.3 is 0 Å². The molecule has 2 aliphatic heterocycles. The number of benzene rings is 2. The molecule has 144 valence electrons. The molecule has 0 saturated carbocycles. The Kier molecular flexibility index (Phi) is 4.15. The van der Waals surface area contributed by atoms with Gasteiger partial charge in [0.1, 0.15) is 6.61 Å². The predicted molar refractivity (Wildman–Crippen MR) is 109 cm³/mol. The second-order valence-electron chi connectivity index (χ2n) is 8.06. The highest BCUT2D eigenvalue weighted by atomic mass is 16.5. The molecule has 2 aromatic rings. The Morgan fingerprint density at radius 2 is 1.96 bits per heavy atom. The lowest BCUT2D eigenvalue weighted by molar-refractivity contribution is -0.138. The van der Waals surface area contributed by atoms with Crippen molar-refractivity contribution in [2.24, 2.45) is 5.92 Å². The number of hydrogen-bond acceptors (Lipinski definition) is 3. The summed E-state index contributed by atoms with van der Waals surface area (Å²) in [6, 6.07) is 14.5. The largest absolute Gasteiger partial charge is 0.493 e. The lowest BCUT2D eigenvalue weighted by atomic mass is 9.74. The molecule has 3 aliphatic rings. The fraction of sp³-hybridized carbons (Fsp3) is 0.375. The molecule has 1 atom stereocenters. The lowest BCUT2D eigenvalue weighted by Crippen LogP contribution is -2.48. The molecule has 1 spiro atoms. The van der Waals surface area contributed by atoms with Crippen molar-refractivity contribution < 1.29 is 14.3 Å². The van der Waals surface area contributed by atoms with Crippen LogP contribution in [-0.2, 0) is 16.6 Å². The molecule has 0 N–H and O–H groups in total. The second kappa shape index (κ2) is 6.69. The van der Waals surface area contributed by atoms with Crippen molar-refractivity contribution in [3.8, 4) is 11.5 Å². The summed E-state index contributed by atoms with van der Waals surface area (Å²) >= 11 is 0. The number of rotatable bonds is 2. The Morgan fingerprint density at radius 3 is 2.79 bits per heavy atom. The maximum absolute atomic E-state index is 13.2. The molecule has 1 amide bonds. The Bertz CT molecular complexity index is 941. The molecule has 1 fully saturated rings. The third-order valence-corrected chi connectivity index (χ3v) is 6.57. The zero-order valence-electron chi connectivity index (χ0n) is 16.2. The molecule has 4 nitrogen and oxygen atoms in total. The number of piperidine rings is 1. The van der Waals surface area contributed by atoms with E-state index in [4.69, 9.17) is 9.47 Å². The number of nitrogens with zero attached hydrogens (tertiary/aromatic N) is 1. The minimum Gasteiger partial charge on any atom is -0.493 e. The Morgan fingerprint density at radius 1 is 1.14 bits per heavy atom. The van der Waals surface area contributed by atoms with E-state index >= 15 is 0 Å². The molecular weight excluding hydrogens is 350 g/mol. The first-order chi connectivity index (χ1) is 13.7. The van der Waals surface area contributed by atoms with Gasteiger partial charge in [-0.05, 0) is 42.0 Å². The van der Waals surface area contributed by atoms with Crippen molar-refractivity contribution in [1.29, 1.82) is 0 Å². The highest BCUT2D eigenvalue weighted by Gasteiger charge is 2.40. The number of amides is 1. The van der Waals surface area contributed by atoms with Gasteiger partial charge in [0.2, 0.25) is 5.91 Å². The van der Waals surface area contributed by atoms with E-state index in [9.17, 15) is 4.79 Å². The van der Waals surface area contributed by atoms with Crippen LogP contribution in [0.15, 0.2) is 48.5 Å². The number of hydrogen-bond donors (Lipinski definition) is 0. The van der Waals surface area contributed by atoms with E-state index in [1.165, 1.54) is 11.1 Å². The number of fused-ring (bicyclic) bond motifs is 3. The average Bonchev–Trinajstić information content (AvgIpc) is 3.11. The molecule has 2 heterocycles. The van der Waals surface area contributed by atoms with Crippen LogP contribution in [0.5, 0.6) is 11.5 Å². The van der Waals surface area contributed by atoms with Crippen molar-refractivity contribution in [3.63, 3.8) is 0 Å². The van der Waals surface area contributed by atoms with Gasteiger partial charge in [-0.3, -0.25) is 4.79 Å². The number of likely N-dealkylation sites (tertiary alicyclic amines) is 1. The van der Waals surface area contributed by atoms with Crippen molar-refractivity contribution in [3.05, 3.63) is 65.2 Å². The van der Waals surface area contributed by atoms with Crippen molar-refractivity contribution in [2.45, 2.75) is 24.7 Å². The highest BCUT2D eigenvalue weighted by molar-refractivity contribution is 5.80. The van der Waals surface area contributed by atoms with E-state index in [2.05, 4.69) is 36.4 Å². The minimum absolute atomic E-state index is 0.108. The number of allylic oxidation sites excluding steroid dienone is 1. The van der Waals surface area contributed by atoms with Crippen LogP contribution >= 0.6 is 0 Å². The molecule has 1 saturated heterocycles. The van der Waals surface area contributed by atoms with Crippen LogP contribution in [0.1, 0.15) is 29.5 Å². The van der Waals surface area contributed by atoms with Crippen molar-refractivity contribution in [2.75, 3.05) is 26.8 Å². The summed E-state index contributed by atoms with van der Waals surface area (Å²) < 4.78 is 11.3. The smallest absolute Gasteiger partial charge is 0.229 e.